The second-order valence-corrected chi connectivity index (χ2v) is 4.76. The first-order chi connectivity index (χ1) is 9.17. The van der Waals surface area contributed by atoms with Gasteiger partial charge in [0, 0.05) is 18.5 Å². The number of nitrogens with one attached hydrogen (secondary N) is 1. The van der Waals surface area contributed by atoms with Crippen molar-refractivity contribution in [3.63, 3.8) is 0 Å². The number of hydrogen-bond acceptors (Lipinski definition) is 4. The van der Waals surface area contributed by atoms with Crippen LogP contribution in [0.4, 0.5) is 5.69 Å². The van der Waals surface area contributed by atoms with Crippen LogP contribution in [0.5, 0.6) is 5.75 Å². The van der Waals surface area contributed by atoms with Crippen LogP contribution in [0.1, 0.15) is 23.7 Å². The highest BCUT2D eigenvalue weighted by atomic mass is 16.5. The Kier molecular flexibility index (Phi) is 2.71. The molecule has 0 bridgehead atoms. The average molecular weight is 255 g/mol. The third-order valence-electron chi connectivity index (χ3n) is 3.27. The standard InChI is InChI=1S/C15H13NO3/c1-9-4-13(18)11-7-16-12-3-2-10(8-17)6-15(12)19-14(11)5-9/h2-3,5-6,8,16H,4,7H2,1H3. The maximum absolute atomic E-state index is 12.0. The van der Waals surface area contributed by atoms with E-state index in [1.165, 1.54) is 0 Å². The first kappa shape index (κ1) is 11.7. The zero-order valence-corrected chi connectivity index (χ0v) is 10.5. The molecule has 0 aromatic heterocycles. The number of benzene rings is 1. The van der Waals surface area contributed by atoms with Crippen molar-refractivity contribution >= 4 is 17.8 Å². The number of rotatable bonds is 1. The molecule has 0 saturated carbocycles. The number of anilines is 1. The Morgan fingerprint density at radius 2 is 2.21 bits per heavy atom. The molecule has 0 spiro atoms. The fourth-order valence-electron chi connectivity index (χ4n) is 2.28. The molecule has 0 unspecified atom stereocenters. The van der Waals surface area contributed by atoms with E-state index >= 15 is 0 Å². The fraction of sp³-hybridized carbons (Fsp3) is 0.200. The van der Waals surface area contributed by atoms with Crippen LogP contribution in [0.2, 0.25) is 0 Å². The van der Waals surface area contributed by atoms with Gasteiger partial charge >= 0.3 is 0 Å². The van der Waals surface area contributed by atoms with E-state index in [2.05, 4.69) is 5.32 Å². The number of allylic oxidation sites excluding steroid dienone is 2. The Hall–Kier alpha value is -2.36. The van der Waals surface area contributed by atoms with E-state index in [0.717, 1.165) is 17.5 Å². The van der Waals surface area contributed by atoms with Crippen LogP contribution in [0.3, 0.4) is 0 Å². The molecule has 1 N–H and O–H groups in total. The number of hydrogen-bond donors (Lipinski definition) is 1. The summed E-state index contributed by atoms with van der Waals surface area (Å²) in [5.41, 5.74) is 2.99. The molecule has 19 heavy (non-hydrogen) atoms. The largest absolute Gasteiger partial charge is 0.455 e. The molecule has 1 heterocycles. The molecule has 0 radical (unpaired) electrons. The van der Waals surface area contributed by atoms with E-state index in [1.54, 1.807) is 18.2 Å². The van der Waals surface area contributed by atoms with E-state index < -0.39 is 0 Å². The monoisotopic (exact) mass is 255 g/mol. The number of ketones is 1. The zero-order valence-electron chi connectivity index (χ0n) is 10.5. The van der Waals surface area contributed by atoms with Crippen molar-refractivity contribution in [1.82, 2.24) is 0 Å². The normalized spacial score (nSPS) is 17.5. The van der Waals surface area contributed by atoms with Crippen LogP contribution in [-0.2, 0) is 4.79 Å². The van der Waals surface area contributed by atoms with Gasteiger partial charge < -0.3 is 10.1 Å². The number of carbonyl (C=O) groups is 2. The van der Waals surface area contributed by atoms with Gasteiger partial charge in [-0.2, -0.15) is 0 Å². The highest BCUT2D eigenvalue weighted by Gasteiger charge is 2.24. The maximum atomic E-state index is 12.0. The lowest BCUT2D eigenvalue weighted by Crippen LogP contribution is -2.17. The van der Waals surface area contributed by atoms with Crippen LogP contribution in [0.25, 0.3) is 0 Å². The van der Waals surface area contributed by atoms with Crippen molar-refractivity contribution in [2.75, 3.05) is 11.9 Å². The van der Waals surface area contributed by atoms with Crippen LogP contribution >= 0.6 is 0 Å². The summed E-state index contributed by atoms with van der Waals surface area (Å²) in [6, 6.07) is 5.18. The third kappa shape index (κ3) is 2.05. The lowest BCUT2D eigenvalue weighted by molar-refractivity contribution is -0.115. The minimum atomic E-state index is 0.0888. The molecule has 2 aliphatic rings. The fourth-order valence-corrected chi connectivity index (χ4v) is 2.28. The highest BCUT2D eigenvalue weighted by Crippen LogP contribution is 2.33. The van der Waals surface area contributed by atoms with Crippen molar-refractivity contribution in [1.29, 1.82) is 0 Å². The van der Waals surface area contributed by atoms with Crippen molar-refractivity contribution in [3.8, 4) is 5.75 Å². The molecular weight excluding hydrogens is 242 g/mol. The van der Waals surface area contributed by atoms with Gasteiger partial charge in [-0.15, -0.1) is 0 Å². The van der Waals surface area contributed by atoms with E-state index in [-0.39, 0.29) is 5.78 Å². The Bertz CT molecular complexity index is 641. The summed E-state index contributed by atoms with van der Waals surface area (Å²) in [6.07, 6.45) is 3.11. The Morgan fingerprint density at radius 1 is 1.37 bits per heavy atom. The summed E-state index contributed by atoms with van der Waals surface area (Å²) in [5.74, 6) is 1.25. The summed E-state index contributed by atoms with van der Waals surface area (Å²) in [6.45, 7) is 2.36. The smallest absolute Gasteiger partial charge is 0.168 e. The minimum Gasteiger partial charge on any atom is -0.455 e. The SMILES string of the molecule is CC1=CC2=C(CNc3ccc(C=O)cc3O2)C(=O)C1. The van der Waals surface area contributed by atoms with Crippen LogP contribution in [0.15, 0.2) is 41.2 Å². The first-order valence-electron chi connectivity index (χ1n) is 6.12. The molecule has 1 aliphatic carbocycles. The molecule has 4 heteroatoms. The predicted octanol–water partition coefficient (Wildman–Crippen LogP) is 2.48. The zero-order chi connectivity index (χ0) is 13.4. The number of carbonyl (C=O) groups excluding carboxylic acids is 2. The average Bonchev–Trinajstić information content (AvgIpc) is 2.56. The number of Topliss-reactive ketones (excluding diaryl/α,β-unsaturated/α-hetero) is 1. The van der Waals surface area contributed by atoms with Gasteiger partial charge in [-0.3, -0.25) is 9.59 Å². The molecule has 3 rings (SSSR count). The topological polar surface area (TPSA) is 55.4 Å². The number of ether oxygens (including phenoxy) is 1. The second-order valence-electron chi connectivity index (χ2n) is 4.76. The van der Waals surface area contributed by atoms with Gasteiger partial charge in [0.1, 0.15) is 12.0 Å². The molecule has 0 saturated heterocycles. The van der Waals surface area contributed by atoms with Crippen LogP contribution in [0, 0.1) is 0 Å². The number of fused-ring (bicyclic) bond motifs is 1. The molecule has 1 aromatic rings. The van der Waals surface area contributed by atoms with Crippen molar-refractivity contribution in [3.05, 3.63) is 46.7 Å². The molecule has 0 fully saturated rings. The van der Waals surface area contributed by atoms with Gasteiger partial charge in [0.25, 0.3) is 0 Å². The molecule has 96 valence electrons. The van der Waals surface area contributed by atoms with Crippen molar-refractivity contribution in [2.45, 2.75) is 13.3 Å². The lowest BCUT2D eigenvalue weighted by atomic mass is 9.96. The van der Waals surface area contributed by atoms with Gasteiger partial charge in [0.2, 0.25) is 0 Å². The molecule has 1 aliphatic heterocycles. The van der Waals surface area contributed by atoms with Gasteiger partial charge in [0.15, 0.2) is 11.5 Å². The van der Waals surface area contributed by atoms with E-state index in [1.807, 2.05) is 13.0 Å². The lowest BCUT2D eigenvalue weighted by Gasteiger charge is -2.15. The predicted molar refractivity (Wildman–Crippen MR) is 71.4 cm³/mol. The highest BCUT2D eigenvalue weighted by molar-refractivity contribution is 6.00. The van der Waals surface area contributed by atoms with Crippen LogP contribution < -0.4 is 10.1 Å². The molecule has 0 atom stereocenters. The van der Waals surface area contributed by atoms with Crippen molar-refractivity contribution in [2.24, 2.45) is 0 Å². The molecular formula is C15H13NO3. The van der Waals surface area contributed by atoms with Gasteiger partial charge in [-0.1, -0.05) is 5.57 Å². The molecule has 1 aromatic carbocycles. The van der Waals surface area contributed by atoms with E-state index in [4.69, 9.17) is 4.74 Å². The Morgan fingerprint density at radius 3 is 3.00 bits per heavy atom. The summed E-state index contributed by atoms with van der Waals surface area (Å²) >= 11 is 0. The third-order valence-corrected chi connectivity index (χ3v) is 3.27. The maximum Gasteiger partial charge on any atom is 0.168 e. The summed E-state index contributed by atoms with van der Waals surface area (Å²) in [5, 5.41) is 3.17. The minimum absolute atomic E-state index is 0.0888. The quantitative estimate of drug-likeness (QED) is 0.783. The summed E-state index contributed by atoms with van der Waals surface area (Å²) in [7, 11) is 0. The van der Waals surface area contributed by atoms with Gasteiger partial charge in [-0.05, 0) is 31.2 Å². The molecule has 0 amide bonds. The van der Waals surface area contributed by atoms with E-state index in [9.17, 15) is 9.59 Å². The van der Waals surface area contributed by atoms with E-state index in [0.29, 0.717) is 35.6 Å². The van der Waals surface area contributed by atoms with Gasteiger partial charge in [-0.25, -0.2) is 0 Å². The second kappa shape index (κ2) is 4.39. The summed E-state index contributed by atoms with van der Waals surface area (Å²) in [4.78, 5) is 22.8. The van der Waals surface area contributed by atoms with Gasteiger partial charge in [0.05, 0.1) is 11.3 Å². The molecule has 4 nitrogen and oxygen atoms in total. The Balaban J connectivity index is 2.06. The van der Waals surface area contributed by atoms with Crippen LogP contribution in [-0.4, -0.2) is 18.6 Å². The number of aldehydes is 1. The van der Waals surface area contributed by atoms with Crippen molar-refractivity contribution < 1.29 is 14.3 Å². The Labute approximate surface area is 110 Å². The summed E-state index contributed by atoms with van der Waals surface area (Å²) < 4.78 is 5.81. The first-order valence-corrected chi connectivity index (χ1v) is 6.12.